The van der Waals surface area contributed by atoms with Crippen molar-refractivity contribution in [1.82, 2.24) is 9.62 Å². The van der Waals surface area contributed by atoms with Gasteiger partial charge in [0.2, 0.25) is 21.8 Å². The van der Waals surface area contributed by atoms with Crippen molar-refractivity contribution in [3.8, 4) is 0 Å². The normalized spacial score (nSPS) is 18.1. The SMILES string of the molecule is O=C(CCNC(=O)C1CC(S)CN1S(=O)(=O)c1ccc2ccccc2c1)Nc1ccc(C(=O)O)cc1. The molecule has 0 spiro atoms. The first-order chi connectivity index (χ1) is 17.1. The number of carboxylic acid groups (broad SMARTS) is 1. The summed E-state index contributed by atoms with van der Waals surface area (Å²) < 4.78 is 28.0. The summed E-state index contributed by atoms with van der Waals surface area (Å²) in [7, 11) is -3.95. The molecule has 9 nitrogen and oxygen atoms in total. The Morgan fingerprint density at radius 1 is 1.00 bits per heavy atom. The predicted octanol–water partition coefficient (Wildman–Crippen LogP) is 2.74. The van der Waals surface area contributed by atoms with E-state index in [0.717, 1.165) is 10.8 Å². The standard InChI is InChI=1S/C25H25N3O6S2/c29-23(27-19-8-5-17(6-9-19)25(31)32)11-12-26-24(30)22-14-20(35)15-28(22)36(33,34)21-10-7-16-3-1-2-4-18(16)13-21/h1-10,13,20,22,35H,11-12,14-15H2,(H,26,30)(H,27,29)(H,31,32). The lowest BCUT2D eigenvalue weighted by molar-refractivity contribution is -0.124. The van der Waals surface area contributed by atoms with Crippen LogP contribution in [0.3, 0.4) is 0 Å². The van der Waals surface area contributed by atoms with Crippen LogP contribution in [-0.4, -0.2) is 60.0 Å². The summed E-state index contributed by atoms with van der Waals surface area (Å²) in [4.78, 5) is 36.1. The summed E-state index contributed by atoms with van der Waals surface area (Å²) in [6.45, 7) is 0.110. The molecule has 0 bridgehead atoms. The number of amides is 2. The number of nitrogens with one attached hydrogen (secondary N) is 2. The second-order valence-electron chi connectivity index (χ2n) is 8.46. The van der Waals surface area contributed by atoms with Gasteiger partial charge in [0.25, 0.3) is 0 Å². The lowest BCUT2D eigenvalue weighted by Gasteiger charge is -2.23. The second-order valence-corrected chi connectivity index (χ2v) is 11.1. The Hall–Kier alpha value is -3.41. The van der Waals surface area contributed by atoms with Gasteiger partial charge in [-0.05, 0) is 53.6 Å². The van der Waals surface area contributed by atoms with Crippen LogP contribution in [0.4, 0.5) is 5.69 Å². The summed E-state index contributed by atoms with van der Waals surface area (Å²) in [5, 5.41) is 15.6. The molecule has 3 aromatic rings. The molecule has 36 heavy (non-hydrogen) atoms. The Morgan fingerprint density at radius 2 is 1.69 bits per heavy atom. The molecule has 0 aromatic heterocycles. The number of aromatic carboxylic acids is 1. The molecule has 2 unspecified atom stereocenters. The third-order valence-electron chi connectivity index (χ3n) is 5.93. The minimum Gasteiger partial charge on any atom is -0.478 e. The quantitative estimate of drug-likeness (QED) is 0.333. The van der Waals surface area contributed by atoms with Crippen molar-refractivity contribution in [3.63, 3.8) is 0 Å². The van der Waals surface area contributed by atoms with Gasteiger partial charge >= 0.3 is 5.97 Å². The number of rotatable bonds is 8. The monoisotopic (exact) mass is 527 g/mol. The van der Waals surface area contributed by atoms with E-state index in [-0.39, 0.29) is 47.5 Å². The molecule has 3 N–H and O–H groups in total. The third kappa shape index (κ3) is 5.69. The maximum Gasteiger partial charge on any atom is 0.335 e. The minimum absolute atomic E-state index is 0.00940. The van der Waals surface area contributed by atoms with Crippen LogP contribution in [0, 0.1) is 0 Å². The lowest BCUT2D eigenvalue weighted by Crippen LogP contribution is -2.46. The van der Waals surface area contributed by atoms with Crippen LogP contribution >= 0.6 is 12.6 Å². The Morgan fingerprint density at radius 3 is 2.39 bits per heavy atom. The maximum absolute atomic E-state index is 13.4. The number of hydrogen-bond donors (Lipinski definition) is 4. The Kier molecular flexibility index (Phi) is 7.62. The van der Waals surface area contributed by atoms with E-state index in [1.165, 1.54) is 34.6 Å². The molecule has 0 aliphatic carbocycles. The Bertz CT molecular complexity index is 1410. The van der Waals surface area contributed by atoms with Crippen molar-refractivity contribution < 1.29 is 27.9 Å². The molecule has 0 radical (unpaired) electrons. The highest BCUT2D eigenvalue weighted by Gasteiger charge is 2.42. The maximum atomic E-state index is 13.4. The van der Waals surface area contributed by atoms with Crippen LogP contribution in [-0.2, 0) is 19.6 Å². The van der Waals surface area contributed by atoms with Crippen LogP contribution in [0.15, 0.2) is 71.6 Å². The Balaban J connectivity index is 1.37. The van der Waals surface area contributed by atoms with E-state index in [2.05, 4.69) is 23.3 Å². The smallest absolute Gasteiger partial charge is 0.335 e. The predicted molar refractivity (Wildman–Crippen MR) is 139 cm³/mol. The Labute approximate surface area is 214 Å². The molecule has 11 heteroatoms. The fraction of sp³-hybridized carbons (Fsp3) is 0.240. The van der Waals surface area contributed by atoms with Crippen LogP contribution in [0.5, 0.6) is 0 Å². The van der Waals surface area contributed by atoms with E-state index >= 15 is 0 Å². The van der Waals surface area contributed by atoms with E-state index < -0.39 is 27.9 Å². The van der Waals surface area contributed by atoms with Crippen molar-refractivity contribution in [2.45, 2.75) is 29.0 Å². The fourth-order valence-electron chi connectivity index (χ4n) is 4.09. The first-order valence-electron chi connectivity index (χ1n) is 11.2. The van der Waals surface area contributed by atoms with Gasteiger partial charge in [-0.25, -0.2) is 13.2 Å². The van der Waals surface area contributed by atoms with Gasteiger partial charge in [-0.3, -0.25) is 9.59 Å². The molecule has 3 aromatic carbocycles. The molecular weight excluding hydrogens is 502 g/mol. The van der Waals surface area contributed by atoms with Gasteiger partial charge in [-0.15, -0.1) is 0 Å². The first kappa shape index (κ1) is 25.7. The van der Waals surface area contributed by atoms with E-state index in [0.29, 0.717) is 5.69 Å². The van der Waals surface area contributed by atoms with Crippen LogP contribution in [0.25, 0.3) is 10.8 Å². The topological polar surface area (TPSA) is 133 Å². The zero-order valence-electron chi connectivity index (χ0n) is 19.1. The van der Waals surface area contributed by atoms with Gasteiger partial charge in [0.05, 0.1) is 10.5 Å². The first-order valence-corrected chi connectivity index (χ1v) is 13.2. The summed E-state index contributed by atoms with van der Waals surface area (Å²) in [5.74, 6) is -1.94. The van der Waals surface area contributed by atoms with Crippen LogP contribution in [0.2, 0.25) is 0 Å². The molecular formula is C25H25N3O6S2. The number of anilines is 1. The number of carbonyl (C=O) groups is 3. The molecule has 1 heterocycles. The van der Waals surface area contributed by atoms with Crippen molar-refractivity contribution in [3.05, 3.63) is 72.3 Å². The summed E-state index contributed by atoms with van der Waals surface area (Å²) in [6.07, 6.45) is 0.213. The third-order valence-corrected chi connectivity index (χ3v) is 8.18. The largest absolute Gasteiger partial charge is 0.478 e. The highest BCUT2D eigenvalue weighted by atomic mass is 32.2. The molecule has 1 fully saturated rings. The van der Waals surface area contributed by atoms with Crippen LogP contribution in [0.1, 0.15) is 23.2 Å². The second kappa shape index (κ2) is 10.7. The van der Waals surface area contributed by atoms with E-state index in [1.54, 1.807) is 12.1 Å². The summed E-state index contributed by atoms with van der Waals surface area (Å²) in [5.41, 5.74) is 0.528. The van der Waals surface area contributed by atoms with Gasteiger partial charge in [0.15, 0.2) is 0 Å². The molecule has 188 valence electrons. The highest BCUT2D eigenvalue weighted by molar-refractivity contribution is 7.89. The van der Waals surface area contributed by atoms with Gasteiger partial charge in [-0.2, -0.15) is 16.9 Å². The number of hydrogen-bond acceptors (Lipinski definition) is 6. The van der Waals surface area contributed by atoms with Crippen molar-refractivity contribution in [2.24, 2.45) is 0 Å². The van der Waals surface area contributed by atoms with Gasteiger partial charge in [0.1, 0.15) is 6.04 Å². The van der Waals surface area contributed by atoms with Gasteiger partial charge in [-0.1, -0.05) is 30.3 Å². The van der Waals surface area contributed by atoms with Gasteiger partial charge in [0, 0.05) is 30.4 Å². The molecule has 2 amide bonds. The number of benzene rings is 3. The molecule has 2 atom stereocenters. The molecule has 1 aliphatic heterocycles. The van der Waals surface area contributed by atoms with Gasteiger partial charge < -0.3 is 15.7 Å². The van der Waals surface area contributed by atoms with Crippen molar-refractivity contribution in [1.29, 1.82) is 0 Å². The van der Waals surface area contributed by atoms with E-state index in [9.17, 15) is 22.8 Å². The zero-order valence-corrected chi connectivity index (χ0v) is 20.8. The molecule has 1 saturated heterocycles. The lowest BCUT2D eigenvalue weighted by atomic mass is 10.1. The number of thiol groups is 1. The molecule has 1 aliphatic rings. The minimum atomic E-state index is -3.95. The number of fused-ring (bicyclic) bond motifs is 1. The summed E-state index contributed by atoms with van der Waals surface area (Å²) in [6, 6.07) is 17.0. The number of carbonyl (C=O) groups excluding carboxylic acids is 2. The number of sulfonamides is 1. The van der Waals surface area contributed by atoms with Crippen molar-refractivity contribution >= 4 is 56.9 Å². The zero-order chi connectivity index (χ0) is 25.9. The van der Waals surface area contributed by atoms with E-state index in [4.69, 9.17) is 5.11 Å². The average Bonchev–Trinajstić information content (AvgIpc) is 3.26. The van der Waals surface area contributed by atoms with E-state index in [1.807, 2.05) is 24.3 Å². The fourth-order valence-corrected chi connectivity index (χ4v) is 6.25. The molecule has 4 rings (SSSR count). The summed E-state index contributed by atoms with van der Waals surface area (Å²) >= 11 is 4.42. The number of nitrogens with zero attached hydrogens (tertiary/aromatic N) is 1. The van der Waals surface area contributed by atoms with Crippen LogP contribution < -0.4 is 10.6 Å². The number of carboxylic acids is 1. The van der Waals surface area contributed by atoms with Crippen molar-refractivity contribution in [2.75, 3.05) is 18.4 Å². The average molecular weight is 528 g/mol. The highest BCUT2D eigenvalue weighted by Crippen LogP contribution is 2.30. The molecule has 0 saturated carbocycles.